The summed E-state index contributed by atoms with van der Waals surface area (Å²) in [6.07, 6.45) is 1.63. The topological polar surface area (TPSA) is 97.6 Å². The molecular weight excluding hydrogens is 458 g/mol. The Hall–Kier alpha value is -2.48. The van der Waals surface area contributed by atoms with Crippen LogP contribution < -0.4 is 4.90 Å². The number of nitrogens with zero attached hydrogens (tertiary/aromatic N) is 5. The normalized spacial score (nSPS) is 14.7. The van der Waals surface area contributed by atoms with Crippen molar-refractivity contribution < 1.29 is 13.2 Å². The van der Waals surface area contributed by atoms with Crippen molar-refractivity contribution in [3.05, 3.63) is 52.6 Å². The number of halogens is 1. The molecule has 1 fully saturated rings. The van der Waals surface area contributed by atoms with Gasteiger partial charge in [0.1, 0.15) is 11.9 Å². The molecule has 1 saturated heterocycles. The molecule has 8 nitrogen and oxygen atoms in total. The average molecular weight is 478 g/mol. The van der Waals surface area contributed by atoms with Gasteiger partial charge in [0.2, 0.25) is 15.9 Å². The summed E-state index contributed by atoms with van der Waals surface area (Å²) in [7, 11) is -2.34. The molecule has 1 aromatic heterocycles. The van der Waals surface area contributed by atoms with E-state index in [1.807, 2.05) is 4.90 Å². The number of likely N-dealkylation sites (N-methyl/N-ethyl adjacent to an activating group) is 1. The second-order valence-electron chi connectivity index (χ2n) is 6.57. The van der Waals surface area contributed by atoms with Crippen molar-refractivity contribution in [2.24, 2.45) is 0 Å². The summed E-state index contributed by atoms with van der Waals surface area (Å²) in [4.78, 5) is 20.6. The van der Waals surface area contributed by atoms with Gasteiger partial charge in [-0.3, -0.25) is 4.79 Å². The highest BCUT2D eigenvalue weighted by molar-refractivity contribution is 9.10. The van der Waals surface area contributed by atoms with Crippen LogP contribution in [0.25, 0.3) is 0 Å². The monoisotopic (exact) mass is 477 g/mol. The Morgan fingerprint density at radius 1 is 1.21 bits per heavy atom. The summed E-state index contributed by atoms with van der Waals surface area (Å²) in [6, 6.07) is 11.8. The summed E-state index contributed by atoms with van der Waals surface area (Å²) in [6.45, 7) is 1.70. The number of pyridine rings is 1. The third-order valence-corrected chi connectivity index (χ3v) is 7.07. The van der Waals surface area contributed by atoms with Crippen LogP contribution in [0, 0.1) is 11.3 Å². The lowest BCUT2D eigenvalue weighted by molar-refractivity contribution is -0.131. The predicted octanol–water partition coefficient (Wildman–Crippen LogP) is 1.69. The number of carbonyl (C=O) groups is 1. The lowest BCUT2D eigenvalue weighted by atomic mass is 10.2. The molecule has 29 heavy (non-hydrogen) atoms. The third-order valence-electron chi connectivity index (χ3n) is 4.72. The maximum absolute atomic E-state index is 12.7. The number of nitriles is 1. The number of carbonyl (C=O) groups excluding carboxylic acids is 1. The highest BCUT2D eigenvalue weighted by Crippen LogP contribution is 2.20. The van der Waals surface area contributed by atoms with Gasteiger partial charge in [0, 0.05) is 43.9 Å². The van der Waals surface area contributed by atoms with Crippen LogP contribution in [0.15, 0.2) is 52.0 Å². The standard InChI is InChI=1S/C19H20BrN5O3S/c1-23(29(27,28)17-6-4-16(20)5-7-17)14-18(26)24-9-11-25(12-10-24)19-15(13-21)3-2-8-22-19/h2-8H,9-12,14H2,1H3. The fourth-order valence-electron chi connectivity index (χ4n) is 3.07. The van der Waals surface area contributed by atoms with Crippen molar-refractivity contribution >= 4 is 37.7 Å². The third kappa shape index (κ3) is 4.75. The molecular formula is C19H20BrN5O3S. The minimum Gasteiger partial charge on any atom is -0.352 e. The summed E-state index contributed by atoms with van der Waals surface area (Å²) in [5.41, 5.74) is 0.493. The Labute approximate surface area is 178 Å². The Morgan fingerprint density at radius 3 is 2.48 bits per heavy atom. The van der Waals surface area contributed by atoms with E-state index in [0.29, 0.717) is 37.6 Å². The number of anilines is 1. The number of rotatable bonds is 5. The van der Waals surface area contributed by atoms with E-state index in [9.17, 15) is 18.5 Å². The highest BCUT2D eigenvalue weighted by Gasteiger charge is 2.28. The van der Waals surface area contributed by atoms with Gasteiger partial charge in [0.15, 0.2) is 0 Å². The zero-order valence-corrected chi connectivity index (χ0v) is 18.2. The van der Waals surface area contributed by atoms with Crippen LogP contribution in [0.2, 0.25) is 0 Å². The van der Waals surface area contributed by atoms with E-state index >= 15 is 0 Å². The van der Waals surface area contributed by atoms with E-state index in [1.165, 1.54) is 19.2 Å². The molecule has 0 bridgehead atoms. The number of benzene rings is 1. The van der Waals surface area contributed by atoms with Crippen LogP contribution in [-0.2, 0) is 14.8 Å². The highest BCUT2D eigenvalue weighted by atomic mass is 79.9. The molecule has 152 valence electrons. The fourth-order valence-corrected chi connectivity index (χ4v) is 4.45. The van der Waals surface area contributed by atoms with Gasteiger partial charge in [0.25, 0.3) is 0 Å². The van der Waals surface area contributed by atoms with E-state index < -0.39 is 10.0 Å². The SMILES string of the molecule is CN(CC(=O)N1CCN(c2ncccc2C#N)CC1)S(=O)(=O)c1ccc(Br)cc1. The van der Waals surface area contributed by atoms with Crippen molar-refractivity contribution in [1.82, 2.24) is 14.2 Å². The van der Waals surface area contributed by atoms with Crippen molar-refractivity contribution in [3.8, 4) is 6.07 Å². The van der Waals surface area contributed by atoms with Crippen LogP contribution in [0.1, 0.15) is 5.56 Å². The lowest BCUT2D eigenvalue weighted by Gasteiger charge is -2.36. The fraction of sp³-hybridized carbons (Fsp3) is 0.316. The largest absolute Gasteiger partial charge is 0.352 e. The number of aromatic nitrogens is 1. The van der Waals surface area contributed by atoms with Crippen molar-refractivity contribution in [1.29, 1.82) is 5.26 Å². The Bertz CT molecular complexity index is 1030. The van der Waals surface area contributed by atoms with Crippen molar-refractivity contribution in [2.75, 3.05) is 44.7 Å². The Kier molecular flexibility index (Phi) is 6.52. The molecule has 1 aliphatic heterocycles. The molecule has 2 heterocycles. The lowest BCUT2D eigenvalue weighted by Crippen LogP contribution is -2.51. The van der Waals surface area contributed by atoms with Crippen LogP contribution in [-0.4, -0.2) is 68.3 Å². The molecule has 1 aliphatic rings. The van der Waals surface area contributed by atoms with Gasteiger partial charge in [-0.05, 0) is 36.4 Å². The molecule has 0 spiro atoms. The summed E-state index contributed by atoms with van der Waals surface area (Å²) in [5.74, 6) is 0.353. The van der Waals surface area contributed by atoms with E-state index in [0.717, 1.165) is 8.78 Å². The molecule has 10 heteroatoms. The minimum absolute atomic E-state index is 0.139. The zero-order chi connectivity index (χ0) is 21.0. The van der Waals surface area contributed by atoms with Crippen LogP contribution in [0.5, 0.6) is 0 Å². The van der Waals surface area contributed by atoms with E-state index in [-0.39, 0.29) is 17.3 Å². The summed E-state index contributed by atoms with van der Waals surface area (Å²) >= 11 is 3.28. The van der Waals surface area contributed by atoms with Crippen LogP contribution in [0.4, 0.5) is 5.82 Å². The van der Waals surface area contributed by atoms with Crippen molar-refractivity contribution in [3.63, 3.8) is 0 Å². The van der Waals surface area contributed by atoms with E-state index in [4.69, 9.17) is 0 Å². The van der Waals surface area contributed by atoms with Crippen molar-refractivity contribution in [2.45, 2.75) is 4.90 Å². The molecule has 2 aromatic rings. The van der Waals surface area contributed by atoms with Gasteiger partial charge in [-0.1, -0.05) is 15.9 Å². The number of hydrogen-bond acceptors (Lipinski definition) is 6. The van der Waals surface area contributed by atoms with Crippen LogP contribution in [0.3, 0.4) is 0 Å². The number of sulfonamides is 1. The molecule has 3 rings (SSSR count). The maximum Gasteiger partial charge on any atom is 0.243 e. The van der Waals surface area contributed by atoms with Gasteiger partial charge >= 0.3 is 0 Å². The van der Waals surface area contributed by atoms with Gasteiger partial charge in [-0.2, -0.15) is 9.57 Å². The van der Waals surface area contributed by atoms with E-state index in [1.54, 1.807) is 35.4 Å². The van der Waals surface area contributed by atoms with E-state index in [2.05, 4.69) is 27.0 Å². The maximum atomic E-state index is 12.7. The Balaban J connectivity index is 1.61. The molecule has 0 radical (unpaired) electrons. The first-order valence-electron chi connectivity index (χ1n) is 8.92. The van der Waals surface area contributed by atoms with Gasteiger partial charge in [-0.25, -0.2) is 13.4 Å². The molecule has 1 amide bonds. The summed E-state index contributed by atoms with van der Waals surface area (Å²) in [5, 5.41) is 9.23. The number of amides is 1. The average Bonchev–Trinajstić information content (AvgIpc) is 2.74. The molecule has 0 atom stereocenters. The zero-order valence-electron chi connectivity index (χ0n) is 15.8. The van der Waals surface area contributed by atoms with Gasteiger partial charge in [-0.15, -0.1) is 0 Å². The quantitative estimate of drug-likeness (QED) is 0.649. The second kappa shape index (κ2) is 8.90. The second-order valence-corrected chi connectivity index (χ2v) is 9.53. The summed E-state index contributed by atoms with van der Waals surface area (Å²) < 4.78 is 27.2. The number of piperazine rings is 1. The predicted molar refractivity (Wildman–Crippen MR) is 112 cm³/mol. The smallest absolute Gasteiger partial charge is 0.243 e. The molecule has 1 aromatic carbocycles. The van der Waals surface area contributed by atoms with Gasteiger partial charge in [0.05, 0.1) is 17.0 Å². The molecule has 0 saturated carbocycles. The molecule has 0 unspecified atom stereocenters. The molecule has 0 N–H and O–H groups in total. The first kappa shape index (κ1) is 21.2. The molecule has 0 aliphatic carbocycles. The van der Waals surface area contributed by atoms with Crippen LogP contribution >= 0.6 is 15.9 Å². The Morgan fingerprint density at radius 2 is 1.86 bits per heavy atom. The first-order valence-corrected chi connectivity index (χ1v) is 11.2. The number of hydrogen-bond donors (Lipinski definition) is 0. The first-order chi connectivity index (χ1) is 13.8. The minimum atomic E-state index is -3.74. The van der Waals surface area contributed by atoms with Gasteiger partial charge < -0.3 is 9.80 Å².